The number of nitro groups is 1. The van der Waals surface area contributed by atoms with Crippen LogP contribution in [0.5, 0.6) is 0 Å². The third-order valence-corrected chi connectivity index (χ3v) is 4.54. The van der Waals surface area contributed by atoms with Gasteiger partial charge < -0.3 is 5.32 Å². The Kier molecular flexibility index (Phi) is 5.61. The van der Waals surface area contributed by atoms with Gasteiger partial charge in [0.15, 0.2) is 0 Å². The Morgan fingerprint density at radius 1 is 0.926 bits per heavy atom. The minimum Gasteiger partial charge on any atom is -0.321 e. The van der Waals surface area contributed by atoms with Crippen LogP contribution in [0.4, 0.5) is 11.4 Å². The number of nitro benzene ring substituents is 1. The van der Waals surface area contributed by atoms with Crippen LogP contribution < -0.4 is 5.32 Å². The molecule has 1 N–H and O–H groups in total. The standard InChI is InChI=1S/C22H20N2O3/c1-16-20(12-7-13-21(16)24(26)27)23-22(25)19-11-6-5-10-18(19)15-14-17-8-3-2-4-9-17/h2-13H,14-15H2,1H3,(H,23,25). The Morgan fingerprint density at radius 2 is 1.63 bits per heavy atom. The normalized spacial score (nSPS) is 10.4. The number of anilines is 1. The second kappa shape index (κ2) is 8.27. The molecule has 3 rings (SSSR count). The Balaban J connectivity index is 1.80. The molecule has 1 amide bonds. The molecule has 0 heterocycles. The van der Waals surface area contributed by atoms with Crippen molar-refractivity contribution >= 4 is 17.3 Å². The van der Waals surface area contributed by atoms with E-state index in [1.807, 2.05) is 36.4 Å². The molecule has 0 saturated carbocycles. The third kappa shape index (κ3) is 4.39. The number of aryl methyl sites for hydroxylation is 2. The van der Waals surface area contributed by atoms with Crippen molar-refractivity contribution in [1.82, 2.24) is 0 Å². The molecule has 0 atom stereocenters. The van der Waals surface area contributed by atoms with Gasteiger partial charge in [-0.15, -0.1) is 0 Å². The Labute approximate surface area is 157 Å². The zero-order chi connectivity index (χ0) is 19.2. The molecule has 3 aromatic rings. The summed E-state index contributed by atoms with van der Waals surface area (Å²) in [5.74, 6) is -0.262. The van der Waals surface area contributed by atoms with E-state index in [9.17, 15) is 14.9 Å². The van der Waals surface area contributed by atoms with E-state index >= 15 is 0 Å². The quantitative estimate of drug-likeness (QED) is 0.500. The van der Waals surface area contributed by atoms with Gasteiger partial charge >= 0.3 is 0 Å². The maximum Gasteiger partial charge on any atom is 0.274 e. The molecule has 3 aromatic carbocycles. The van der Waals surface area contributed by atoms with Crippen LogP contribution in [-0.2, 0) is 12.8 Å². The largest absolute Gasteiger partial charge is 0.321 e. The second-order valence-electron chi connectivity index (χ2n) is 6.30. The van der Waals surface area contributed by atoms with Gasteiger partial charge in [0.25, 0.3) is 11.6 Å². The Hall–Kier alpha value is -3.47. The van der Waals surface area contributed by atoms with E-state index in [4.69, 9.17) is 0 Å². The number of benzene rings is 3. The number of nitrogens with one attached hydrogen (secondary N) is 1. The minimum absolute atomic E-state index is 0.00911. The van der Waals surface area contributed by atoms with Crippen LogP contribution in [0.15, 0.2) is 72.8 Å². The van der Waals surface area contributed by atoms with Crippen LogP contribution >= 0.6 is 0 Å². The van der Waals surface area contributed by atoms with Crippen molar-refractivity contribution in [2.75, 3.05) is 5.32 Å². The predicted octanol–water partition coefficient (Wildman–Crippen LogP) is 4.94. The van der Waals surface area contributed by atoms with Gasteiger partial charge in [0.1, 0.15) is 0 Å². The van der Waals surface area contributed by atoms with Gasteiger partial charge in [-0.05, 0) is 43.0 Å². The summed E-state index contributed by atoms with van der Waals surface area (Å²) in [6, 6.07) is 22.2. The van der Waals surface area contributed by atoms with Gasteiger partial charge in [-0.3, -0.25) is 14.9 Å². The minimum atomic E-state index is -0.446. The first kappa shape index (κ1) is 18.3. The molecule has 27 heavy (non-hydrogen) atoms. The SMILES string of the molecule is Cc1c(NC(=O)c2ccccc2CCc2ccccc2)cccc1[N+](=O)[O-]. The van der Waals surface area contributed by atoms with Crippen molar-refractivity contribution < 1.29 is 9.72 Å². The molecule has 0 bridgehead atoms. The average Bonchev–Trinajstić information content (AvgIpc) is 2.68. The molecule has 0 aliphatic rings. The van der Waals surface area contributed by atoms with E-state index in [1.165, 1.54) is 11.6 Å². The summed E-state index contributed by atoms with van der Waals surface area (Å²) in [5, 5.41) is 13.9. The van der Waals surface area contributed by atoms with E-state index in [0.717, 1.165) is 18.4 Å². The van der Waals surface area contributed by atoms with Gasteiger partial charge in [0, 0.05) is 11.6 Å². The average molecular weight is 360 g/mol. The smallest absolute Gasteiger partial charge is 0.274 e. The number of amides is 1. The lowest BCUT2D eigenvalue weighted by Gasteiger charge is -2.12. The fourth-order valence-corrected chi connectivity index (χ4v) is 3.03. The summed E-state index contributed by atoms with van der Waals surface area (Å²) in [6.07, 6.45) is 1.57. The van der Waals surface area contributed by atoms with E-state index < -0.39 is 4.92 Å². The van der Waals surface area contributed by atoms with Crippen LogP contribution in [0.1, 0.15) is 27.0 Å². The van der Waals surface area contributed by atoms with Gasteiger partial charge in [-0.25, -0.2) is 0 Å². The zero-order valence-corrected chi connectivity index (χ0v) is 15.0. The number of hydrogen-bond donors (Lipinski definition) is 1. The molecular formula is C22H20N2O3. The molecule has 5 nitrogen and oxygen atoms in total. The molecule has 0 aliphatic heterocycles. The summed E-state index contributed by atoms with van der Waals surface area (Å²) in [7, 11) is 0. The van der Waals surface area contributed by atoms with Gasteiger partial charge in [-0.2, -0.15) is 0 Å². The van der Waals surface area contributed by atoms with Crippen LogP contribution in [0.25, 0.3) is 0 Å². The molecule has 136 valence electrons. The molecule has 0 unspecified atom stereocenters. The van der Waals surface area contributed by atoms with Crippen molar-refractivity contribution in [3.05, 3.63) is 105 Å². The number of nitrogens with zero attached hydrogens (tertiary/aromatic N) is 1. The Bertz CT molecular complexity index is 968. The van der Waals surface area contributed by atoms with Crippen LogP contribution in [0.3, 0.4) is 0 Å². The van der Waals surface area contributed by atoms with Crippen LogP contribution in [-0.4, -0.2) is 10.8 Å². The summed E-state index contributed by atoms with van der Waals surface area (Å²) < 4.78 is 0. The summed E-state index contributed by atoms with van der Waals surface area (Å²) in [6.45, 7) is 1.63. The summed E-state index contributed by atoms with van der Waals surface area (Å²) in [4.78, 5) is 23.4. The van der Waals surface area contributed by atoms with Crippen molar-refractivity contribution in [2.24, 2.45) is 0 Å². The van der Waals surface area contributed by atoms with Gasteiger partial charge in [0.05, 0.1) is 16.2 Å². The van der Waals surface area contributed by atoms with E-state index in [1.54, 1.807) is 25.1 Å². The highest BCUT2D eigenvalue weighted by atomic mass is 16.6. The monoisotopic (exact) mass is 360 g/mol. The van der Waals surface area contributed by atoms with Crippen LogP contribution in [0, 0.1) is 17.0 Å². The Morgan fingerprint density at radius 3 is 2.37 bits per heavy atom. The van der Waals surface area contributed by atoms with Crippen LogP contribution in [0.2, 0.25) is 0 Å². The first-order valence-electron chi connectivity index (χ1n) is 8.73. The number of carbonyl (C=O) groups excluding carboxylic acids is 1. The van der Waals surface area contributed by atoms with Crippen molar-refractivity contribution in [2.45, 2.75) is 19.8 Å². The first-order valence-corrected chi connectivity index (χ1v) is 8.73. The molecule has 0 radical (unpaired) electrons. The number of hydrogen-bond acceptors (Lipinski definition) is 3. The van der Waals surface area contributed by atoms with E-state index in [2.05, 4.69) is 17.4 Å². The van der Waals surface area contributed by atoms with Gasteiger partial charge in [0.2, 0.25) is 0 Å². The lowest BCUT2D eigenvalue weighted by molar-refractivity contribution is -0.385. The van der Waals surface area contributed by atoms with Crippen molar-refractivity contribution in [3.8, 4) is 0 Å². The summed E-state index contributed by atoms with van der Waals surface area (Å²) >= 11 is 0. The fraction of sp³-hybridized carbons (Fsp3) is 0.136. The highest BCUT2D eigenvalue weighted by Gasteiger charge is 2.17. The highest BCUT2D eigenvalue weighted by Crippen LogP contribution is 2.26. The second-order valence-corrected chi connectivity index (χ2v) is 6.30. The van der Waals surface area contributed by atoms with E-state index in [0.29, 0.717) is 16.8 Å². The molecule has 0 fully saturated rings. The van der Waals surface area contributed by atoms with E-state index in [-0.39, 0.29) is 11.6 Å². The first-order chi connectivity index (χ1) is 13.1. The molecule has 0 spiro atoms. The molecular weight excluding hydrogens is 340 g/mol. The number of carbonyl (C=O) groups is 1. The zero-order valence-electron chi connectivity index (χ0n) is 15.0. The summed E-state index contributed by atoms with van der Waals surface area (Å²) in [5.41, 5.74) is 3.62. The van der Waals surface area contributed by atoms with Gasteiger partial charge in [-0.1, -0.05) is 54.6 Å². The number of rotatable bonds is 6. The molecule has 0 aromatic heterocycles. The van der Waals surface area contributed by atoms with Crippen molar-refractivity contribution in [1.29, 1.82) is 0 Å². The topological polar surface area (TPSA) is 72.2 Å². The highest BCUT2D eigenvalue weighted by molar-refractivity contribution is 6.05. The lowest BCUT2D eigenvalue weighted by Crippen LogP contribution is -2.15. The third-order valence-electron chi connectivity index (χ3n) is 4.54. The maximum atomic E-state index is 12.8. The molecule has 0 aliphatic carbocycles. The maximum absolute atomic E-state index is 12.8. The molecule has 5 heteroatoms. The fourth-order valence-electron chi connectivity index (χ4n) is 3.03. The van der Waals surface area contributed by atoms with Crippen molar-refractivity contribution in [3.63, 3.8) is 0 Å². The predicted molar refractivity (Wildman–Crippen MR) is 106 cm³/mol. The lowest BCUT2D eigenvalue weighted by atomic mass is 9.99. The molecule has 0 saturated heterocycles.